The van der Waals surface area contributed by atoms with Gasteiger partial charge in [0.1, 0.15) is 5.60 Å². The fourth-order valence-corrected chi connectivity index (χ4v) is 1.97. The molecule has 1 unspecified atom stereocenters. The van der Waals surface area contributed by atoms with Crippen molar-refractivity contribution in [1.29, 1.82) is 0 Å². The number of nitrogens with one attached hydrogen (secondary N) is 1. The Balaban J connectivity index is 1.91. The number of amides is 1. The molecular formula is C18H22N2O3. The van der Waals surface area contributed by atoms with Crippen molar-refractivity contribution in [3.63, 3.8) is 0 Å². The van der Waals surface area contributed by atoms with Crippen LogP contribution in [0.15, 0.2) is 48.7 Å². The Hall–Kier alpha value is -2.40. The van der Waals surface area contributed by atoms with Crippen LogP contribution in [0, 0.1) is 0 Å². The fourth-order valence-electron chi connectivity index (χ4n) is 1.97. The summed E-state index contributed by atoms with van der Waals surface area (Å²) in [5.41, 5.74) is 0.850. The van der Waals surface area contributed by atoms with Gasteiger partial charge in [-0.05, 0) is 32.4 Å². The van der Waals surface area contributed by atoms with Gasteiger partial charge in [-0.2, -0.15) is 0 Å². The van der Waals surface area contributed by atoms with Gasteiger partial charge in [0, 0.05) is 18.8 Å². The first-order valence-corrected chi connectivity index (χ1v) is 7.51. The van der Waals surface area contributed by atoms with Crippen LogP contribution in [0.3, 0.4) is 0 Å². The molecule has 23 heavy (non-hydrogen) atoms. The number of aromatic nitrogens is 1. The normalized spacial score (nSPS) is 12.5. The zero-order chi connectivity index (χ0) is 16.9. The minimum Gasteiger partial charge on any atom is -0.472 e. The average Bonchev–Trinajstić information content (AvgIpc) is 2.52. The number of hydrogen-bond donors (Lipinski definition) is 2. The van der Waals surface area contributed by atoms with Gasteiger partial charge in [-0.3, -0.25) is 4.79 Å². The average molecular weight is 314 g/mol. The highest BCUT2D eigenvalue weighted by Gasteiger charge is 2.14. The van der Waals surface area contributed by atoms with Crippen molar-refractivity contribution < 1.29 is 14.6 Å². The third kappa shape index (κ3) is 5.38. The van der Waals surface area contributed by atoms with Gasteiger partial charge in [0.05, 0.1) is 11.7 Å². The molecule has 5 heteroatoms. The molecule has 0 aliphatic rings. The van der Waals surface area contributed by atoms with E-state index in [4.69, 9.17) is 4.74 Å². The molecule has 1 aromatic heterocycles. The number of ether oxygens (including phenoxy) is 1. The molecule has 0 spiro atoms. The Morgan fingerprint density at radius 3 is 2.48 bits per heavy atom. The van der Waals surface area contributed by atoms with Gasteiger partial charge in [0.25, 0.3) is 5.91 Å². The second-order valence-electron chi connectivity index (χ2n) is 6.24. The molecule has 0 bridgehead atoms. The summed E-state index contributed by atoms with van der Waals surface area (Å²) < 4.78 is 5.61. The van der Waals surface area contributed by atoms with Crippen molar-refractivity contribution in [2.45, 2.75) is 32.5 Å². The summed E-state index contributed by atoms with van der Waals surface area (Å²) in [5, 5.41) is 12.7. The first-order chi connectivity index (χ1) is 10.8. The molecule has 0 radical (unpaired) electrons. The maximum atomic E-state index is 12.1. The summed E-state index contributed by atoms with van der Waals surface area (Å²) in [5.74, 6) is 0.188. The Labute approximate surface area is 136 Å². The van der Waals surface area contributed by atoms with Crippen molar-refractivity contribution in [3.05, 3.63) is 59.8 Å². The summed E-state index contributed by atoms with van der Waals surface area (Å²) in [6.07, 6.45) is 0.724. The first kappa shape index (κ1) is 17.0. The van der Waals surface area contributed by atoms with E-state index < -0.39 is 6.10 Å². The van der Waals surface area contributed by atoms with Gasteiger partial charge in [0.15, 0.2) is 0 Å². The molecule has 1 atom stereocenters. The van der Waals surface area contributed by atoms with E-state index in [0.717, 1.165) is 5.56 Å². The van der Waals surface area contributed by atoms with Crippen LogP contribution in [0.2, 0.25) is 0 Å². The second kappa shape index (κ2) is 7.24. The minimum absolute atomic E-state index is 0.142. The molecule has 0 saturated carbocycles. The van der Waals surface area contributed by atoms with Crippen molar-refractivity contribution in [2.75, 3.05) is 6.54 Å². The van der Waals surface area contributed by atoms with Crippen molar-refractivity contribution in [1.82, 2.24) is 10.3 Å². The quantitative estimate of drug-likeness (QED) is 0.890. The van der Waals surface area contributed by atoms with Gasteiger partial charge < -0.3 is 15.2 Å². The molecule has 0 saturated heterocycles. The third-order valence-corrected chi connectivity index (χ3v) is 3.05. The molecule has 1 amide bonds. The molecule has 5 nitrogen and oxygen atoms in total. The Bertz CT molecular complexity index is 634. The van der Waals surface area contributed by atoms with Crippen LogP contribution in [-0.4, -0.2) is 28.1 Å². The van der Waals surface area contributed by atoms with Crippen LogP contribution in [0.25, 0.3) is 0 Å². The van der Waals surface area contributed by atoms with Gasteiger partial charge in [0.2, 0.25) is 5.88 Å². The van der Waals surface area contributed by atoms with E-state index in [2.05, 4.69) is 10.3 Å². The highest BCUT2D eigenvalue weighted by atomic mass is 16.5. The highest BCUT2D eigenvalue weighted by molar-refractivity contribution is 5.93. The lowest BCUT2D eigenvalue weighted by Gasteiger charge is -2.20. The Kier molecular flexibility index (Phi) is 5.34. The van der Waals surface area contributed by atoms with Crippen LogP contribution in [0.1, 0.15) is 42.8 Å². The van der Waals surface area contributed by atoms with Crippen LogP contribution < -0.4 is 10.1 Å². The number of aliphatic hydroxyl groups is 1. The number of benzene rings is 1. The van der Waals surface area contributed by atoms with Crippen molar-refractivity contribution in [3.8, 4) is 5.88 Å². The number of aliphatic hydroxyl groups excluding tert-OH is 1. The molecule has 122 valence electrons. The summed E-state index contributed by atoms with van der Waals surface area (Å²) in [6, 6.07) is 12.5. The molecular weight excluding hydrogens is 292 g/mol. The lowest BCUT2D eigenvalue weighted by molar-refractivity contribution is 0.0915. The van der Waals surface area contributed by atoms with Crippen LogP contribution in [-0.2, 0) is 0 Å². The van der Waals surface area contributed by atoms with Crippen molar-refractivity contribution in [2.24, 2.45) is 0 Å². The fraction of sp³-hybridized carbons (Fsp3) is 0.333. The van der Waals surface area contributed by atoms with E-state index in [1.54, 1.807) is 12.1 Å². The number of nitrogens with zero attached hydrogens (tertiary/aromatic N) is 1. The van der Waals surface area contributed by atoms with Gasteiger partial charge in [-0.25, -0.2) is 4.98 Å². The van der Waals surface area contributed by atoms with Gasteiger partial charge in [-0.1, -0.05) is 30.3 Å². The molecule has 2 rings (SSSR count). The zero-order valence-electron chi connectivity index (χ0n) is 13.6. The number of pyridine rings is 1. The summed E-state index contributed by atoms with van der Waals surface area (Å²) in [4.78, 5) is 16.2. The standard InChI is InChI=1S/C18H22N2O3/c1-18(2,3)23-16-10-9-14(11-19-16)17(22)20-12-15(21)13-7-5-4-6-8-13/h4-11,15,21H,12H2,1-3H3,(H,20,22). The number of rotatable bonds is 5. The van der Waals surface area contributed by atoms with E-state index >= 15 is 0 Å². The zero-order valence-corrected chi connectivity index (χ0v) is 13.6. The third-order valence-electron chi connectivity index (χ3n) is 3.05. The van der Waals surface area contributed by atoms with Crippen LogP contribution in [0.4, 0.5) is 0 Å². The maximum Gasteiger partial charge on any atom is 0.252 e. The lowest BCUT2D eigenvalue weighted by Crippen LogP contribution is -2.28. The van der Waals surface area contributed by atoms with Crippen LogP contribution >= 0.6 is 0 Å². The number of carbonyl (C=O) groups is 1. The highest BCUT2D eigenvalue weighted by Crippen LogP contribution is 2.15. The molecule has 0 aliphatic heterocycles. The van der Waals surface area contributed by atoms with E-state index in [1.165, 1.54) is 6.20 Å². The first-order valence-electron chi connectivity index (χ1n) is 7.51. The van der Waals surface area contributed by atoms with Gasteiger partial charge >= 0.3 is 0 Å². The van der Waals surface area contributed by atoms with E-state index in [1.807, 2.05) is 51.1 Å². The molecule has 0 fully saturated rings. The predicted molar refractivity (Wildman–Crippen MR) is 88.4 cm³/mol. The number of hydrogen-bond acceptors (Lipinski definition) is 4. The smallest absolute Gasteiger partial charge is 0.252 e. The van der Waals surface area contributed by atoms with E-state index in [9.17, 15) is 9.90 Å². The second-order valence-corrected chi connectivity index (χ2v) is 6.24. The monoisotopic (exact) mass is 314 g/mol. The molecule has 1 aromatic carbocycles. The Morgan fingerprint density at radius 1 is 1.22 bits per heavy atom. The summed E-state index contributed by atoms with van der Waals surface area (Å²) in [7, 11) is 0. The minimum atomic E-state index is -0.739. The maximum absolute atomic E-state index is 12.1. The van der Waals surface area contributed by atoms with Gasteiger partial charge in [-0.15, -0.1) is 0 Å². The predicted octanol–water partition coefficient (Wildman–Crippen LogP) is 2.72. The summed E-state index contributed by atoms with van der Waals surface area (Å²) >= 11 is 0. The Morgan fingerprint density at radius 2 is 1.91 bits per heavy atom. The molecule has 2 aromatic rings. The largest absolute Gasteiger partial charge is 0.472 e. The topological polar surface area (TPSA) is 71.5 Å². The lowest BCUT2D eigenvalue weighted by atomic mass is 10.1. The molecule has 2 N–H and O–H groups in total. The number of carbonyl (C=O) groups excluding carboxylic acids is 1. The SMILES string of the molecule is CC(C)(C)Oc1ccc(C(=O)NCC(O)c2ccccc2)cn1. The van der Waals surface area contributed by atoms with Crippen molar-refractivity contribution >= 4 is 5.91 Å². The van der Waals surface area contributed by atoms with E-state index in [-0.39, 0.29) is 18.1 Å². The molecule has 0 aliphatic carbocycles. The van der Waals surface area contributed by atoms with E-state index in [0.29, 0.717) is 11.4 Å². The summed E-state index contributed by atoms with van der Waals surface area (Å²) in [6.45, 7) is 5.93. The molecule has 1 heterocycles. The van der Waals surface area contributed by atoms with Crippen LogP contribution in [0.5, 0.6) is 5.88 Å².